The Morgan fingerprint density at radius 1 is 1.22 bits per heavy atom. The highest BCUT2D eigenvalue weighted by molar-refractivity contribution is 6.31. The molecule has 3 rings (SSSR count). The highest BCUT2D eigenvalue weighted by atomic mass is 35.5. The van der Waals surface area contributed by atoms with E-state index in [0.717, 1.165) is 30.2 Å². The predicted octanol–water partition coefficient (Wildman–Crippen LogP) is 3.69. The number of hydrogen-bond donors (Lipinski definition) is 0. The second-order valence-electron chi connectivity index (χ2n) is 6.82. The molecule has 0 bridgehead atoms. The highest BCUT2D eigenvalue weighted by Gasteiger charge is 2.28. The third-order valence-corrected chi connectivity index (χ3v) is 5.29. The molecule has 1 aliphatic rings. The van der Waals surface area contributed by atoms with Gasteiger partial charge in [0.2, 0.25) is 5.91 Å². The van der Waals surface area contributed by atoms with Gasteiger partial charge < -0.3 is 4.90 Å². The molecule has 1 unspecified atom stereocenters. The van der Waals surface area contributed by atoms with Gasteiger partial charge in [0.15, 0.2) is 0 Å². The van der Waals surface area contributed by atoms with Gasteiger partial charge in [0.1, 0.15) is 11.7 Å². The molecule has 8 heteroatoms. The van der Waals surface area contributed by atoms with Crippen molar-refractivity contribution < 1.29 is 13.6 Å². The summed E-state index contributed by atoms with van der Waals surface area (Å²) in [6, 6.07) is 8.47. The van der Waals surface area contributed by atoms with Gasteiger partial charge in [-0.1, -0.05) is 29.8 Å². The SMILES string of the molecule is Cc1cc(C(F)F)nn1C(C)C(=O)N1CCN(Cc2ccccc2Cl)CC1. The number of aromatic nitrogens is 2. The summed E-state index contributed by atoms with van der Waals surface area (Å²) in [5.41, 5.74) is 1.33. The number of hydrogen-bond acceptors (Lipinski definition) is 3. The van der Waals surface area contributed by atoms with Crippen LogP contribution < -0.4 is 0 Å². The molecule has 2 heterocycles. The van der Waals surface area contributed by atoms with E-state index in [2.05, 4.69) is 10.00 Å². The molecule has 27 heavy (non-hydrogen) atoms. The zero-order valence-electron chi connectivity index (χ0n) is 15.4. The first-order valence-corrected chi connectivity index (χ1v) is 9.33. The molecule has 1 aliphatic heterocycles. The van der Waals surface area contributed by atoms with Crippen molar-refractivity contribution in [3.05, 3.63) is 52.3 Å². The lowest BCUT2D eigenvalue weighted by atomic mass is 10.2. The Bertz CT molecular complexity index is 803. The van der Waals surface area contributed by atoms with Crippen molar-refractivity contribution >= 4 is 17.5 Å². The lowest BCUT2D eigenvalue weighted by molar-refractivity contribution is -0.136. The summed E-state index contributed by atoms with van der Waals surface area (Å²) in [5.74, 6) is -0.0978. The van der Waals surface area contributed by atoms with Crippen molar-refractivity contribution in [3.8, 4) is 0 Å². The minimum absolute atomic E-state index is 0.0978. The standard InChI is InChI=1S/C19H23ClF2N4O/c1-13-11-17(18(21)22)23-26(13)14(2)19(27)25-9-7-24(8-10-25)12-15-5-3-4-6-16(15)20/h3-6,11,14,18H,7-10,12H2,1-2H3. The van der Waals surface area contributed by atoms with Crippen molar-refractivity contribution in [2.24, 2.45) is 0 Å². The molecule has 2 aromatic rings. The number of carbonyl (C=O) groups excluding carboxylic acids is 1. The fourth-order valence-electron chi connectivity index (χ4n) is 3.37. The maximum Gasteiger partial charge on any atom is 0.282 e. The first-order chi connectivity index (χ1) is 12.9. The number of carbonyl (C=O) groups is 1. The van der Waals surface area contributed by atoms with E-state index in [-0.39, 0.29) is 11.6 Å². The number of alkyl halides is 2. The normalized spacial score (nSPS) is 16.7. The molecule has 1 atom stereocenters. The average Bonchev–Trinajstić information content (AvgIpc) is 3.05. The molecule has 0 aliphatic carbocycles. The van der Waals surface area contributed by atoms with E-state index in [1.807, 2.05) is 24.3 Å². The van der Waals surface area contributed by atoms with Gasteiger partial charge in [-0.05, 0) is 31.5 Å². The summed E-state index contributed by atoms with van der Waals surface area (Å²) in [7, 11) is 0. The van der Waals surface area contributed by atoms with Gasteiger partial charge in [-0.3, -0.25) is 14.4 Å². The summed E-state index contributed by atoms with van der Waals surface area (Å²) in [6.45, 7) is 6.80. The number of rotatable bonds is 5. The van der Waals surface area contributed by atoms with E-state index in [9.17, 15) is 13.6 Å². The fourth-order valence-corrected chi connectivity index (χ4v) is 3.57. The minimum atomic E-state index is -2.64. The van der Waals surface area contributed by atoms with Crippen molar-refractivity contribution in [3.63, 3.8) is 0 Å². The van der Waals surface area contributed by atoms with Crippen molar-refractivity contribution in [2.75, 3.05) is 26.2 Å². The molecule has 1 saturated heterocycles. The molecule has 1 aromatic carbocycles. The van der Waals surface area contributed by atoms with Gasteiger partial charge >= 0.3 is 0 Å². The van der Waals surface area contributed by atoms with E-state index < -0.39 is 12.5 Å². The molecule has 0 spiro atoms. The number of piperazine rings is 1. The van der Waals surface area contributed by atoms with E-state index >= 15 is 0 Å². The first-order valence-electron chi connectivity index (χ1n) is 8.95. The lowest BCUT2D eigenvalue weighted by Crippen LogP contribution is -2.50. The molecule has 1 aromatic heterocycles. The molecular formula is C19H23ClF2N4O. The van der Waals surface area contributed by atoms with Crippen LogP contribution in [0.25, 0.3) is 0 Å². The van der Waals surface area contributed by atoms with Gasteiger partial charge in [-0.25, -0.2) is 8.78 Å². The highest BCUT2D eigenvalue weighted by Crippen LogP contribution is 2.22. The molecule has 0 radical (unpaired) electrons. The van der Waals surface area contributed by atoms with Crippen LogP contribution in [0.15, 0.2) is 30.3 Å². The molecule has 1 amide bonds. The molecular weight excluding hydrogens is 374 g/mol. The number of benzene rings is 1. The van der Waals surface area contributed by atoms with Crippen LogP contribution in [0.4, 0.5) is 8.78 Å². The van der Waals surface area contributed by atoms with Crippen molar-refractivity contribution in [1.82, 2.24) is 19.6 Å². The number of halogens is 3. The van der Waals surface area contributed by atoms with Crippen LogP contribution in [0.1, 0.15) is 36.3 Å². The van der Waals surface area contributed by atoms with Crippen molar-refractivity contribution in [2.45, 2.75) is 32.9 Å². The Morgan fingerprint density at radius 3 is 2.48 bits per heavy atom. The molecule has 0 N–H and O–H groups in total. The third-order valence-electron chi connectivity index (χ3n) is 4.92. The van der Waals surface area contributed by atoms with Gasteiger partial charge in [0.05, 0.1) is 0 Å². The lowest BCUT2D eigenvalue weighted by Gasteiger charge is -2.36. The minimum Gasteiger partial charge on any atom is -0.338 e. The Labute approximate surface area is 162 Å². The summed E-state index contributed by atoms with van der Waals surface area (Å²) in [5, 5.41) is 4.64. The number of nitrogens with zero attached hydrogens (tertiary/aromatic N) is 4. The van der Waals surface area contributed by atoms with Gasteiger partial charge in [-0.15, -0.1) is 0 Å². The van der Waals surface area contributed by atoms with E-state index in [0.29, 0.717) is 18.8 Å². The molecule has 5 nitrogen and oxygen atoms in total. The monoisotopic (exact) mass is 396 g/mol. The van der Waals surface area contributed by atoms with Gasteiger partial charge in [-0.2, -0.15) is 5.10 Å². The smallest absolute Gasteiger partial charge is 0.282 e. The predicted molar refractivity (Wildman–Crippen MR) is 99.9 cm³/mol. The fraction of sp³-hybridized carbons (Fsp3) is 0.474. The van der Waals surface area contributed by atoms with Crippen LogP contribution in [-0.2, 0) is 11.3 Å². The largest absolute Gasteiger partial charge is 0.338 e. The van der Waals surface area contributed by atoms with Crippen molar-refractivity contribution in [1.29, 1.82) is 0 Å². The maximum atomic E-state index is 12.8. The second kappa shape index (κ2) is 8.35. The quantitative estimate of drug-likeness (QED) is 0.774. The summed E-state index contributed by atoms with van der Waals surface area (Å²) >= 11 is 6.22. The van der Waals surface area contributed by atoms with Crippen LogP contribution >= 0.6 is 11.6 Å². The van der Waals surface area contributed by atoms with Gasteiger partial charge in [0, 0.05) is 43.4 Å². The van der Waals surface area contributed by atoms with Crippen LogP contribution in [0.2, 0.25) is 5.02 Å². The summed E-state index contributed by atoms with van der Waals surface area (Å²) in [4.78, 5) is 16.8. The van der Waals surface area contributed by atoms with Crippen LogP contribution in [0.5, 0.6) is 0 Å². The maximum absolute atomic E-state index is 12.8. The zero-order valence-corrected chi connectivity index (χ0v) is 16.2. The Morgan fingerprint density at radius 2 is 1.89 bits per heavy atom. The number of aryl methyl sites for hydroxylation is 1. The second-order valence-corrected chi connectivity index (χ2v) is 7.23. The Kier molecular flexibility index (Phi) is 6.11. The van der Waals surface area contributed by atoms with Gasteiger partial charge in [0.25, 0.3) is 6.43 Å². The van der Waals surface area contributed by atoms with Crippen LogP contribution in [-0.4, -0.2) is 51.7 Å². The third kappa shape index (κ3) is 4.47. The van der Waals surface area contributed by atoms with Crippen LogP contribution in [0, 0.1) is 6.92 Å². The molecule has 1 fully saturated rings. The first kappa shape index (κ1) is 19.8. The van der Waals surface area contributed by atoms with Crippen LogP contribution in [0.3, 0.4) is 0 Å². The van der Waals surface area contributed by atoms with E-state index in [4.69, 9.17) is 11.6 Å². The molecule has 0 saturated carbocycles. The number of amides is 1. The topological polar surface area (TPSA) is 41.4 Å². The Balaban J connectivity index is 1.59. The summed E-state index contributed by atoms with van der Waals surface area (Å²) in [6.07, 6.45) is -2.64. The zero-order chi connectivity index (χ0) is 19.6. The average molecular weight is 397 g/mol. The van der Waals surface area contributed by atoms with E-state index in [1.54, 1.807) is 18.7 Å². The Hall–Kier alpha value is -1.99. The van der Waals surface area contributed by atoms with E-state index in [1.165, 1.54) is 10.7 Å². The summed E-state index contributed by atoms with van der Waals surface area (Å²) < 4.78 is 27.1. The molecule has 146 valence electrons.